The molecule has 1 saturated heterocycles. The van der Waals surface area contributed by atoms with Gasteiger partial charge in [0.1, 0.15) is 6.04 Å². The number of hydrogen-bond donors (Lipinski definition) is 3. The molecule has 6 nitrogen and oxygen atoms in total. The zero-order chi connectivity index (χ0) is 30.0. The minimum Gasteiger partial charge on any atom is -0.356 e. The van der Waals surface area contributed by atoms with Crippen molar-refractivity contribution in [3.8, 4) is 0 Å². The van der Waals surface area contributed by atoms with Crippen molar-refractivity contribution >= 4 is 23.8 Å². The van der Waals surface area contributed by atoms with Crippen LogP contribution in [0.5, 0.6) is 0 Å². The number of hydrogen-bond acceptors (Lipinski definition) is 3. The first kappa shape index (κ1) is 31.5. The maximum Gasteiger partial charge on any atom is 0.244 e. The molecule has 2 aromatic rings. The Morgan fingerprint density at radius 2 is 1.64 bits per heavy atom. The molecule has 0 radical (unpaired) electrons. The topological polar surface area (TPSA) is 87.3 Å². The summed E-state index contributed by atoms with van der Waals surface area (Å²) in [6, 6.07) is 17.6. The summed E-state index contributed by atoms with van der Waals surface area (Å²) in [5.41, 5.74) is 3.54. The van der Waals surface area contributed by atoms with Gasteiger partial charge in [0.2, 0.25) is 17.7 Å². The van der Waals surface area contributed by atoms with E-state index in [-0.39, 0.29) is 35.1 Å². The minimum absolute atomic E-state index is 0.0712. The fourth-order valence-corrected chi connectivity index (χ4v) is 6.22. The van der Waals surface area contributed by atoms with Gasteiger partial charge in [-0.05, 0) is 66.2 Å². The van der Waals surface area contributed by atoms with Gasteiger partial charge >= 0.3 is 0 Å². The Bertz CT molecular complexity index is 1190. The van der Waals surface area contributed by atoms with Gasteiger partial charge in [-0.2, -0.15) is 0 Å². The van der Waals surface area contributed by atoms with E-state index in [9.17, 15) is 14.4 Å². The fraction of sp³-hybridized carbons (Fsp3) is 0.528. The van der Waals surface area contributed by atoms with Gasteiger partial charge in [-0.25, -0.2) is 0 Å². The highest BCUT2D eigenvalue weighted by atomic mass is 16.2. The van der Waals surface area contributed by atoms with Crippen LogP contribution in [0.4, 0.5) is 0 Å². The number of amides is 3. The summed E-state index contributed by atoms with van der Waals surface area (Å²) >= 11 is 0. The summed E-state index contributed by atoms with van der Waals surface area (Å²) in [4.78, 5) is 39.2. The van der Waals surface area contributed by atoms with Crippen LogP contribution in [0.15, 0.2) is 60.7 Å². The molecule has 0 aromatic heterocycles. The summed E-state index contributed by atoms with van der Waals surface area (Å²) in [6.07, 6.45) is 12.6. The Morgan fingerprint density at radius 1 is 0.929 bits per heavy atom. The van der Waals surface area contributed by atoms with Gasteiger partial charge in [0, 0.05) is 24.6 Å². The predicted octanol–water partition coefficient (Wildman–Crippen LogP) is 6.10. The van der Waals surface area contributed by atoms with E-state index in [1.54, 1.807) is 6.08 Å². The van der Waals surface area contributed by atoms with Crippen molar-refractivity contribution in [3.05, 3.63) is 77.4 Å². The molecule has 2 fully saturated rings. The molecule has 226 valence electrons. The molecular formula is C36H49N3O3. The first-order valence-corrected chi connectivity index (χ1v) is 15.9. The van der Waals surface area contributed by atoms with Crippen molar-refractivity contribution in [1.82, 2.24) is 16.0 Å². The molecule has 6 heteroatoms. The molecule has 3 amide bonds. The Labute approximate surface area is 252 Å². The molecule has 3 atom stereocenters. The van der Waals surface area contributed by atoms with Gasteiger partial charge in [-0.15, -0.1) is 0 Å². The Balaban J connectivity index is 1.45. The van der Waals surface area contributed by atoms with Crippen molar-refractivity contribution in [2.24, 2.45) is 11.8 Å². The average Bonchev–Trinajstić information content (AvgIpc) is 3.39. The van der Waals surface area contributed by atoms with E-state index >= 15 is 0 Å². The van der Waals surface area contributed by atoms with Crippen LogP contribution in [0.2, 0.25) is 0 Å². The molecule has 1 heterocycles. The van der Waals surface area contributed by atoms with Crippen LogP contribution >= 0.6 is 0 Å². The summed E-state index contributed by atoms with van der Waals surface area (Å²) < 4.78 is 0. The normalized spacial score (nSPS) is 19.3. The van der Waals surface area contributed by atoms with Crippen molar-refractivity contribution in [1.29, 1.82) is 0 Å². The van der Waals surface area contributed by atoms with Gasteiger partial charge in [0.25, 0.3) is 0 Å². The molecule has 2 aliphatic rings. The second-order valence-electron chi connectivity index (χ2n) is 13.2. The fourth-order valence-electron chi connectivity index (χ4n) is 6.22. The Hall–Kier alpha value is -3.41. The van der Waals surface area contributed by atoms with Gasteiger partial charge in [-0.1, -0.05) is 107 Å². The number of aryl methyl sites for hydroxylation is 1. The Kier molecular flexibility index (Phi) is 11.4. The predicted molar refractivity (Wildman–Crippen MR) is 170 cm³/mol. The molecule has 1 aliphatic heterocycles. The van der Waals surface area contributed by atoms with Crippen molar-refractivity contribution in [2.45, 2.75) is 102 Å². The van der Waals surface area contributed by atoms with E-state index in [0.29, 0.717) is 25.3 Å². The zero-order valence-electron chi connectivity index (χ0n) is 25.7. The third-order valence-corrected chi connectivity index (χ3v) is 8.83. The third kappa shape index (κ3) is 9.85. The highest BCUT2D eigenvalue weighted by molar-refractivity contribution is 5.95. The van der Waals surface area contributed by atoms with Gasteiger partial charge < -0.3 is 16.0 Å². The van der Waals surface area contributed by atoms with Gasteiger partial charge in [0.15, 0.2) is 0 Å². The first-order valence-electron chi connectivity index (χ1n) is 15.9. The van der Waals surface area contributed by atoms with Crippen molar-refractivity contribution in [2.75, 3.05) is 6.54 Å². The lowest BCUT2D eigenvalue weighted by Crippen LogP contribution is -2.50. The largest absolute Gasteiger partial charge is 0.356 e. The molecule has 2 aromatic carbocycles. The summed E-state index contributed by atoms with van der Waals surface area (Å²) in [5.74, 6) is -0.0112. The number of carbonyl (C=O) groups excluding carboxylic acids is 3. The van der Waals surface area contributed by atoms with Gasteiger partial charge in [-0.3, -0.25) is 14.4 Å². The second-order valence-corrected chi connectivity index (χ2v) is 13.2. The Morgan fingerprint density at radius 3 is 2.29 bits per heavy atom. The van der Waals surface area contributed by atoms with E-state index in [2.05, 4.69) is 61.0 Å². The molecule has 42 heavy (non-hydrogen) atoms. The maximum absolute atomic E-state index is 13.8. The average molecular weight is 572 g/mol. The van der Waals surface area contributed by atoms with E-state index in [1.807, 2.05) is 30.3 Å². The van der Waals surface area contributed by atoms with Crippen LogP contribution < -0.4 is 16.0 Å². The summed E-state index contributed by atoms with van der Waals surface area (Å²) in [7, 11) is 0. The highest BCUT2D eigenvalue weighted by Crippen LogP contribution is 2.28. The molecule has 1 aliphatic carbocycles. The van der Waals surface area contributed by atoms with E-state index < -0.39 is 6.04 Å². The number of benzene rings is 2. The van der Waals surface area contributed by atoms with Crippen LogP contribution in [0, 0.1) is 11.8 Å². The lowest BCUT2D eigenvalue weighted by molar-refractivity contribution is -0.128. The van der Waals surface area contributed by atoms with Crippen LogP contribution in [-0.4, -0.2) is 36.3 Å². The van der Waals surface area contributed by atoms with Crippen molar-refractivity contribution in [3.63, 3.8) is 0 Å². The SMILES string of the molecule is CC(C)(C)c1ccc(CC[C@@H](C[C@@H]2CCNC2=O)NC(=O)[C@H](CC2CCCCC2)NC(=O)C=Cc2ccccc2)cc1. The highest BCUT2D eigenvalue weighted by Gasteiger charge is 2.31. The van der Waals surface area contributed by atoms with Gasteiger partial charge in [0.05, 0.1) is 0 Å². The second kappa shape index (κ2) is 15.2. The third-order valence-electron chi connectivity index (χ3n) is 8.83. The first-order chi connectivity index (χ1) is 20.2. The monoisotopic (exact) mass is 571 g/mol. The molecule has 3 N–H and O–H groups in total. The number of rotatable bonds is 12. The lowest BCUT2D eigenvalue weighted by Gasteiger charge is -2.28. The maximum atomic E-state index is 13.8. The number of carbonyl (C=O) groups is 3. The van der Waals surface area contributed by atoms with Crippen LogP contribution in [0.25, 0.3) is 6.08 Å². The number of nitrogens with one attached hydrogen (secondary N) is 3. The van der Waals surface area contributed by atoms with Crippen LogP contribution in [0.1, 0.15) is 95.2 Å². The standard InChI is InChI=1S/C36H49N3O3/c1-36(2,3)30-18-14-27(15-19-30)16-20-31(25-29-22-23-37-34(29)41)38-35(42)32(24-28-12-8-5-9-13-28)39-33(40)21-17-26-10-6-4-7-11-26/h4,6-7,10-11,14-15,17-19,21,28-29,31-32H,5,8-9,12-13,16,20,22-25H2,1-3H3,(H,37,41)(H,38,42)(H,39,40)/t29-,31-,32-/m0/s1. The van der Waals surface area contributed by atoms with Crippen LogP contribution in [0.3, 0.4) is 0 Å². The molecule has 0 unspecified atom stereocenters. The molecular weight excluding hydrogens is 522 g/mol. The van der Waals surface area contributed by atoms with E-state index in [0.717, 1.165) is 37.7 Å². The van der Waals surface area contributed by atoms with E-state index in [4.69, 9.17) is 0 Å². The lowest BCUT2D eigenvalue weighted by atomic mass is 9.84. The zero-order valence-corrected chi connectivity index (χ0v) is 25.7. The minimum atomic E-state index is -0.605. The smallest absolute Gasteiger partial charge is 0.244 e. The summed E-state index contributed by atoms with van der Waals surface area (Å²) in [5, 5.41) is 9.24. The molecule has 4 rings (SSSR count). The van der Waals surface area contributed by atoms with E-state index in [1.165, 1.54) is 36.5 Å². The van der Waals surface area contributed by atoms with Crippen LogP contribution in [-0.2, 0) is 26.2 Å². The summed E-state index contributed by atoms with van der Waals surface area (Å²) in [6.45, 7) is 7.31. The molecule has 1 saturated carbocycles. The molecule has 0 spiro atoms. The van der Waals surface area contributed by atoms with Crippen molar-refractivity contribution < 1.29 is 14.4 Å². The molecule has 0 bridgehead atoms. The quantitative estimate of drug-likeness (QED) is 0.269.